The van der Waals surface area contributed by atoms with Crippen LogP contribution in [0.1, 0.15) is 43.6 Å². The molecule has 3 heterocycles. The molecule has 31 heavy (non-hydrogen) atoms. The highest BCUT2D eigenvalue weighted by Crippen LogP contribution is 2.50. The molecule has 5 rings (SSSR count). The standard InChI is InChI=1S/C23H27Cl3N4O/c1-31-20-3-2-16(24)10-18(20)15-5-8-29(9-6-15)17-4-7-23(12-17)13-30(14-23)19-11-21(25)27-28-22(19)26/h2-3,10-11,15,17H,4-9,12-14H2,1H3/t17-/m1/s1. The molecule has 2 aliphatic heterocycles. The van der Waals surface area contributed by atoms with Crippen LogP contribution in [0.5, 0.6) is 5.75 Å². The third kappa shape index (κ3) is 4.22. The molecular weight excluding hydrogens is 455 g/mol. The van der Waals surface area contributed by atoms with Crippen LogP contribution >= 0.6 is 34.8 Å². The number of ether oxygens (including phenoxy) is 1. The second kappa shape index (κ2) is 8.58. The van der Waals surface area contributed by atoms with Crippen molar-refractivity contribution in [3.63, 3.8) is 0 Å². The van der Waals surface area contributed by atoms with Gasteiger partial charge in [0.15, 0.2) is 10.3 Å². The third-order valence-corrected chi connectivity index (χ3v) is 8.14. The number of aromatic nitrogens is 2. The van der Waals surface area contributed by atoms with Crippen molar-refractivity contribution in [2.75, 3.05) is 38.2 Å². The van der Waals surface area contributed by atoms with Crippen molar-refractivity contribution in [1.29, 1.82) is 0 Å². The van der Waals surface area contributed by atoms with E-state index in [1.54, 1.807) is 7.11 Å². The number of hydrogen-bond acceptors (Lipinski definition) is 5. The van der Waals surface area contributed by atoms with Gasteiger partial charge in [0.1, 0.15) is 5.75 Å². The van der Waals surface area contributed by atoms with Gasteiger partial charge in [0.25, 0.3) is 0 Å². The van der Waals surface area contributed by atoms with Gasteiger partial charge in [-0.2, -0.15) is 0 Å². The number of rotatable bonds is 4. The fourth-order valence-electron chi connectivity index (χ4n) is 5.88. The molecule has 5 nitrogen and oxygen atoms in total. The minimum absolute atomic E-state index is 0.392. The first-order chi connectivity index (χ1) is 15.0. The molecule has 1 aromatic heterocycles. The second-order valence-electron chi connectivity index (χ2n) is 9.29. The van der Waals surface area contributed by atoms with Crippen LogP contribution in [0, 0.1) is 5.41 Å². The van der Waals surface area contributed by atoms with Crippen LogP contribution in [0.15, 0.2) is 24.3 Å². The van der Waals surface area contributed by atoms with E-state index in [2.05, 4.69) is 26.1 Å². The first-order valence-electron chi connectivity index (χ1n) is 11.0. The summed E-state index contributed by atoms with van der Waals surface area (Å²) in [5.74, 6) is 1.48. The largest absolute Gasteiger partial charge is 0.496 e. The van der Waals surface area contributed by atoms with Gasteiger partial charge in [0, 0.05) is 35.6 Å². The summed E-state index contributed by atoms with van der Waals surface area (Å²) in [6, 6.07) is 8.48. The van der Waals surface area contributed by atoms with E-state index in [1.165, 1.54) is 24.8 Å². The molecule has 0 radical (unpaired) electrons. The summed E-state index contributed by atoms with van der Waals surface area (Å²) < 4.78 is 5.59. The molecule has 0 N–H and O–H groups in total. The average molecular weight is 482 g/mol. The van der Waals surface area contributed by atoms with Gasteiger partial charge in [-0.1, -0.05) is 34.8 Å². The van der Waals surface area contributed by atoms with Gasteiger partial charge in [-0.15, -0.1) is 10.2 Å². The Morgan fingerprint density at radius 3 is 2.55 bits per heavy atom. The summed E-state index contributed by atoms with van der Waals surface area (Å²) >= 11 is 18.5. The molecule has 3 aliphatic rings. The number of likely N-dealkylation sites (tertiary alicyclic amines) is 1. The van der Waals surface area contributed by atoms with Crippen LogP contribution < -0.4 is 9.64 Å². The van der Waals surface area contributed by atoms with E-state index in [0.29, 0.717) is 27.7 Å². The Kier molecular flexibility index (Phi) is 5.97. The summed E-state index contributed by atoms with van der Waals surface area (Å²) in [5.41, 5.74) is 2.57. The molecule has 1 atom stereocenters. The summed E-state index contributed by atoms with van der Waals surface area (Å²) in [5, 5.41) is 9.39. The number of methoxy groups -OCH3 is 1. The molecule has 8 heteroatoms. The highest BCUT2D eigenvalue weighted by molar-refractivity contribution is 6.33. The summed E-state index contributed by atoms with van der Waals surface area (Å²) in [7, 11) is 1.74. The van der Waals surface area contributed by atoms with E-state index in [0.717, 1.165) is 55.5 Å². The first kappa shape index (κ1) is 21.6. The molecule has 1 aliphatic carbocycles. The normalized spacial score (nSPS) is 23.9. The van der Waals surface area contributed by atoms with E-state index in [1.807, 2.05) is 18.2 Å². The Bertz CT molecular complexity index is 958. The lowest BCUT2D eigenvalue weighted by Crippen LogP contribution is -2.56. The lowest BCUT2D eigenvalue weighted by molar-refractivity contribution is 0.131. The van der Waals surface area contributed by atoms with Crippen LogP contribution in [-0.2, 0) is 0 Å². The molecule has 1 saturated carbocycles. The molecular formula is C23H27Cl3N4O. The maximum atomic E-state index is 6.26. The summed E-state index contributed by atoms with van der Waals surface area (Å²) in [6.07, 6.45) is 6.13. The topological polar surface area (TPSA) is 41.5 Å². The van der Waals surface area contributed by atoms with E-state index >= 15 is 0 Å². The molecule has 0 bridgehead atoms. The lowest BCUT2D eigenvalue weighted by atomic mass is 9.77. The number of piperidine rings is 1. The Morgan fingerprint density at radius 1 is 1.03 bits per heavy atom. The monoisotopic (exact) mass is 480 g/mol. The van der Waals surface area contributed by atoms with Crippen molar-refractivity contribution >= 4 is 40.5 Å². The van der Waals surface area contributed by atoms with Crippen LogP contribution in [0.2, 0.25) is 15.3 Å². The van der Waals surface area contributed by atoms with Gasteiger partial charge in [-0.05, 0) is 74.9 Å². The molecule has 2 saturated heterocycles. The van der Waals surface area contributed by atoms with Gasteiger partial charge in [-0.3, -0.25) is 0 Å². The SMILES string of the molecule is COc1ccc(Cl)cc1C1CCN([C@@H]2CCC3(C2)CN(c2cc(Cl)nnc2Cl)C3)CC1. The van der Waals surface area contributed by atoms with Gasteiger partial charge in [0.2, 0.25) is 0 Å². The highest BCUT2D eigenvalue weighted by Gasteiger charge is 2.50. The summed E-state index contributed by atoms with van der Waals surface area (Å²) in [4.78, 5) is 5.01. The Morgan fingerprint density at radius 2 is 1.81 bits per heavy atom. The zero-order chi connectivity index (χ0) is 21.6. The lowest BCUT2D eigenvalue weighted by Gasteiger charge is -2.50. The van der Waals surface area contributed by atoms with Crippen LogP contribution in [0.4, 0.5) is 5.69 Å². The van der Waals surface area contributed by atoms with Gasteiger partial charge >= 0.3 is 0 Å². The average Bonchev–Trinajstić information content (AvgIpc) is 3.20. The molecule has 166 valence electrons. The molecule has 0 unspecified atom stereocenters. The maximum Gasteiger partial charge on any atom is 0.175 e. The quantitative estimate of drug-likeness (QED) is 0.561. The first-order valence-corrected chi connectivity index (χ1v) is 12.1. The minimum atomic E-state index is 0.392. The fraction of sp³-hybridized carbons (Fsp3) is 0.565. The minimum Gasteiger partial charge on any atom is -0.496 e. The van der Waals surface area contributed by atoms with E-state index in [-0.39, 0.29) is 0 Å². The Hall–Kier alpha value is -1.27. The van der Waals surface area contributed by atoms with Crippen molar-refractivity contribution in [2.24, 2.45) is 5.41 Å². The third-order valence-electron chi connectivity index (χ3n) is 7.45. The predicted molar refractivity (Wildman–Crippen MR) is 126 cm³/mol. The van der Waals surface area contributed by atoms with Gasteiger partial charge in [0.05, 0.1) is 12.8 Å². The van der Waals surface area contributed by atoms with Crippen molar-refractivity contribution in [1.82, 2.24) is 15.1 Å². The molecule has 3 fully saturated rings. The number of halogens is 3. The number of anilines is 1. The zero-order valence-corrected chi connectivity index (χ0v) is 19.9. The van der Waals surface area contributed by atoms with Crippen molar-refractivity contribution in [2.45, 2.75) is 44.1 Å². The Balaban J connectivity index is 1.17. The zero-order valence-electron chi connectivity index (χ0n) is 17.7. The molecule has 0 amide bonds. The van der Waals surface area contributed by atoms with Crippen LogP contribution in [0.25, 0.3) is 0 Å². The molecule has 1 spiro atoms. The van der Waals surface area contributed by atoms with Gasteiger partial charge in [-0.25, -0.2) is 0 Å². The summed E-state index contributed by atoms with van der Waals surface area (Å²) in [6.45, 7) is 4.34. The van der Waals surface area contributed by atoms with Crippen molar-refractivity contribution in [3.8, 4) is 5.75 Å². The van der Waals surface area contributed by atoms with E-state index < -0.39 is 0 Å². The van der Waals surface area contributed by atoms with Gasteiger partial charge < -0.3 is 14.5 Å². The smallest absolute Gasteiger partial charge is 0.175 e. The highest BCUT2D eigenvalue weighted by atomic mass is 35.5. The van der Waals surface area contributed by atoms with E-state index in [9.17, 15) is 0 Å². The number of benzene rings is 1. The predicted octanol–water partition coefficient (Wildman–Crippen LogP) is 5.68. The van der Waals surface area contributed by atoms with Crippen LogP contribution in [-0.4, -0.2) is 54.4 Å². The van der Waals surface area contributed by atoms with Crippen molar-refractivity contribution < 1.29 is 4.74 Å². The second-order valence-corrected chi connectivity index (χ2v) is 10.5. The fourth-order valence-corrected chi connectivity index (χ4v) is 6.41. The molecule has 1 aromatic carbocycles. The number of hydrogen-bond donors (Lipinski definition) is 0. The maximum absolute atomic E-state index is 6.26. The Labute approximate surface area is 198 Å². The van der Waals surface area contributed by atoms with Crippen LogP contribution in [0.3, 0.4) is 0 Å². The van der Waals surface area contributed by atoms with Crippen molar-refractivity contribution in [3.05, 3.63) is 45.2 Å². The van der Waals surface area contributed by atoms with E-state index in [4.69, 9.17) is 39.5 Å². The molecule has 2 aromatic rings. The number of nitrogens with zero attached hydrogens (tertiary/aromatic N) is 4.